The molecule has 0 unspecified atom stereocenters. The van der Waals surface area contributed by atoms with Gasteiger partial charge in [0.15, 0.2) is 0 Å². The zero-order valence-electron chi connectivity index (χ0n) is 10.5. The van der Waals surface area contributed by atoms with Crippen molar-refractivity contribution in [2.75, 3.05) is 10.1 Å². The van der Waals surface area contributed by atoms with Crippen LogP contribution in [-0.2, 0) is 17.1 Å². The summed E-state index contributed by atoms with van der Waals surface area (Å²) in [5, 5.41) is 4.07. The van der Waals surface area contributed by atoms with Gasteiger partial charge in [0.1, 0.15) is 4.90 Å². The molecule has 102 valence electrons. The number of nitrogens with one attached hydrogen (secondary N) is 2. The van der Waals surface area contributed by atoms with Gasteiger partial charge in [-0.1, -0.05) is 0 Å². The topological polar surface area (TPSA) is 115 Å². The van der Waals surface area contributed by atoms with Crippen molar-refractivity contribution < 1.29 is 8.42 Å². The highest BCUT2D eigenvalue weighted by molar-refractivity contribution is 7.92. The van der Waals surface area contributed by atoms with Crippen molar-refractivity contribution in [3.8, 4) is 0 Å². The molecule has 2 rings (SSSR count). The molecule has 2 aromatic heterocycles. The molecule has 0 aliphatic carbocycles. The first-order valence-electron chi connectivity index (χ1n) is 5.38. The fourth-order valence-electron chi connectivity index (χ4n) is 1.61. The van der Waals surface area contributed by atoms with Crippen molar-refractivity contribution in [3.05, 3.63) is 30.4 Å². The average molecular weight is 282 g/mol. The number of nitrogens with zero attached hydrogens (tertiary/aromatic N) is 3. The first kappa shape index (κ1) is 13.3. The number of anilines is 2. The second-order valence-corrected chi connectivity index (χ2v) is 5.57. The van der Waals surface area contributed by atoms with Crippen LogP contribution in [0.4, 0.5) is 11.4 Å². The average Bonchev–Trinajstić information content (AvgIpc) is 2.67. The van der Waals surface area contributed by atoms with Gasteiger partial charge in [0, 0.05) is 25.6 Å². The largest absolute Gasteiger partial charge is 0.323 e. The van der Waals surface area contributed by atoms with E-state index in [1.54, 1.807) is 20.2 Å². The molecule has 0 atom stereocenters. The molecule has 0 fully saturated rings. The van der Waals surface area contributed by atoms with Crippen LogP contribution in [0.25, 0.3) is 0 Å². The van der Waals surface area contributed by atoms with Gasteiger partial charge in [-0.05, 0) is 13.0 Å². The summed E-state index contributed by atoms with van der Waals surface area (Å²) in [6, 6.07) is 1.48. The fourth-order valence-corrected chi connectivity index (χ4v) is 2.83. The highest BCUT2D eigenvalue weighted by atomic mass is 32.2. The molecule has 0 spiro atoms. The van der Waals surface area contributed by atoms with E-state index in [1.807, 2.05) is 0 Å². The van der Waals surface area contributed by atoms with Crippen molar-refractivity contribution in [2.24, 2.45) is 12.9 Å². The number of pyridine rings is 1. The van der Waals surface area contributed by atoms with Gasteiger partial charge in [0.05, 0.1) is 17.1 Å². The summed E-state index contributed by atoms with van der Waals surface area (Å²) in [5.41, 5.74) is 3.59. The summed E-state index contributed by atoms with van der Waals surface area (Å²) >= 11 is 0. The zero-order chi connectivity index (χ0) is 14.0. The van der Waals surface area contributed by atoms with E-state index in [9.17, 15) is 8.42 Å². The van der Waals surface area contributed by atoms with Crippen molar-refractivity contribution in [1.29, 1.82) is 0 Å². The Morgan fingerprint density at radius 1 is 1.37 bits per heavy atom. The number of rotatable bonds is 4. The Hall–Kier alpha value is -2.13. The smallest absolute Gasteiger partial charge is 0.265 e. The first-order chi connectivity index (χ1) is 8.94. The molecule has 0 aliphatic heterocycles. The van der Waals surface area contributed by atoms with Crippen LogP contribution >= 0.6 is 0 Å². The van der Waals surface area contributed by atoms with Crippen molar-refractivity contribution in [1.82, 2.24) is 14.8 Å². The minimum Gasteiger partial charge on any atom is -0.323 e. The van der Waals surface area contributed by atoms with Gasteiger partial charge in [0.2, 0.25) is 0 Å². The summed E-state index contributed by atoms with van der Waals surface area (Å²) in [5.74, 6) is 5.29. The monoisotopic (exact) mass is 282 g/mol. The van der Waals surface area contributed by atoms with Gasteiger partial charge >= 0.3 is 0 Å². The number of hydrogen-bond acceptors (Lipinski definition) is 6. The Bertz CT molecular complexity index is 694. The number of hydrogen-bond donors (Lipinski definition) is 3. The standard InChI is InChI=1S/C10H14N6O2S/c1-7-9(6-16(2)14-7)15-19(17,18)10-5-12-4-3-8(10)13-11/h3-6,15H,11H2,1-2H3,(H,12,13). The van der Waals surface area contributed by atoms with E-state index < -0.39 is 10.0 Å². The molecule has 8 nitrogen and oxygen atoms in total. The minimum atomic E-state index is -3.77. The Labute approximate surface area is 110 Å². The number of sulfonamides is 1. The van der Waals surface area contributed by atoms with E-state index in [0.717, 1.165) is 0 Å². The van der Waals surface area contributed by atoms with Crippen molar-refractivity contribution in [2.45, 2.75) is 11.8 Å². The Morgan fingerprint density at radius 3 is 2.68 bits per heavy atom. The van der Waals surface area contributed by atoms with Gasteiger partial charge in [-0.15, -0.1) is 0 Å². The van der Waals surface area contributed by atoms with Gasteiger partial charge in [-0.3, -0.25) is 20.2 Å². The molecule has 0 radical (unpaired) electrons. The SMILES string of the molecule is Cc1nn(C)cc1NS(=O)(=O)c1cnccc1NN. The van der Waals surface area contributed by atoms with E-state index >= 15 is 0 Å². The van der Waals surface area contributed by atoms with Gasteiger partial charge in [-0.25, -0.2) is 8.42 Å². The van der Waals surface area contributed by atoms with Crippen LogP contribution in [0, 0.1) is 6.92 Å². The van der Waals surface area contributed by atoms with E-state index in [1.165, 1.54) is 23.1 Å². The van der Waals surface area contributed by atoms with Crippen LogP contribution in [0.5, 0.6) is 0 Å². The molecule has 0 saturated carbocycles. The van der Waals surface area contributed by atoms with Crippen LogP contribution in [0.3, 0.4) is 0 Å². The molecule has 19 heavy (non-hydrogen) atoms. The number of aryl methyl sites for hydroxylation is 2. The maximum atomic E-state index is 12.3. The minimum absolute atomic E-state index is 0.0271. The quantitative estimate of drug-likeness (QED) is 0.545. The Balaban J connectivity index is 2.40. The van der Waals surface area contributed by atoms with Crippen molar-refractivity contribution >= 4 is 21.4 Å². The normalized spacial score (nSPS) is 11.3. The van der Waals surface area contributed by atoms with Crippen molar-refractivity contribution in [3.63, 3.8) is 0 Å². The number of aromatic nitrogens is 3. The molecule has 0 aromatic carbocycles. The van der Waals surface area contributed by atoms with Crippen LogP contribution in [0.2, 0.25) is 0 Å². The summed E-state index contributed by atoms with van der Waals surface area (Å²) in [7, 11) is -2.06. The Kier molecular flexibility index (Phi) is 3.40. The first-order valence-corrected chi connectivity index (χ1v) is 6.86. The second-order valence-electron chi connectivity index (χ2n) is 3.92. The molecular weight excluding hydrogens is 268 g/mol. The highest BCUT2D eigenvalue weighted by Crippen LogP contribution is 2.22. The predicted molar refractivity (Wildman–Crippen MR) is 70.8 cm³/mol. The van der Waals surface area contributed by atoms with Crippen LogP contribution < -0.4 is 16.0 Å². The maximum absolute atomic E-state index is 12.3. The summed E-state index contributed by atoms with van der Waals surface area (Å²) in [6.07, 6.45) is 4.26. The van der Waals surface area contributed by atoms with Gasteiger partial charge in [-0.2, -0.15) is 5.10 Å². The van der Waals surface area contributed by atoms with E-state index in [-0.39, 0.29) is 10.6 Å². The highest BCUT2D eigenvalue weighted by Gasteiger charge is 2.20. The Morgan fingerprint density at radius 2 is 2.11 bits per heavy atom. The molecule has 2 heterocycles. The zero-order valence-corrected chi connectivity index (χ0v) is 11.3. The third kappa shape index (κ3) is 2.66. The fraction of sp³-hybridized carbons (Fsp3) is 0.200. The van der Waals surface area contributed by atoms with E-state index in [4.69, 9.17) is 5.84 Å². The molecule has 4 N–H and O–H groups in total. The lowest BCUT2D eigenvalue weighted by molar-refractivity contribution is 0.601. The van der Waals surface area contributed by atoms with Crippen LogP contribution in [0.15, 0.2) is 29.6 Å². The molecule has 2 aromatic rings. The van der Waals surface area contributed by atoms with Crippen LogP contribution in [-0.4, -0.2) is 23.2 Å². The maximum Gasteiger partial charge on any atom is 0.265 e. The number of nitrogen functional groups attached to an aromatic ring is 1. The molecule has 9 heteroatoms. The molecule has 0 bridgehead atoms. The third-order valence-electron chi connectivity index (χ3n) is 2.49. The number of hydrazine groups is 1. The lowest BCUT2D eigenvalue weighted by Crippen LogP contribution is -2.18. The lowest BCUT2D eigenvalue weighted by Gasteiger charge is -2.10. The molecule has 0 saturated heterocycles. The summed E-state index contributed by atoms with van der Waals surface area (Å²) in [4.78, 5) is 3.77. The lowest BCUT2D eigenvalue weighted by atomic mass is 10.4. The van der Waals surface area contributed by atoms with E-state index in [2.05, 4.69) is 20.2 Å². The predicted octanol–water partition coefficient (Wildman–Crippen LogP) is 0.210. The summed E-state index contributed by atoms with van der Waals surface area (Å²) < 4.78 is 28.5. The van der Waals surface area contributed by atoms with Gasteiger partial charge in [0.25, 0.3) is 10.0 Å². The second kappa shape index (κ2) is 4.86. The third-order valence-corrected chi connectivity index (χ3v) is 3.88. The van der Waals surface area contributed by atoms with Gasteiger partial charge < -0.3 is 5.43 Å². The van der Waals surface area contributed by atoms with E-state index in [0.29, 0.717) is 11.4 Å². The van der Waals surface area contributed by atoms with Crippen LogP contribution in [0.1, 0.15) is 5.69 Å². The number of nitrogens with two attached hydrogens (primary N) is 1. The molecular formula is C10H14N6O2S. The molecule has 0 amide bonds. The molecule has 0 aliphatic rings. The summed E-state index contributed by atoms with van der Waals surface area (Å²) in [6.45, 7) is 1.71.